The number of ether oxygens (including phenoxy) is 2. The van der Waals surface area contributed by atoms with Gasteiger partial charge in [-0.15, -0.1) is 11.3 Å². The number of thiazole rings is 1. The van der Waals surface area contributed by atoms with Crippen molar-refractivity contribution in [3.8, 4) is 0 Å². The summed E-state index contributed by atoms with van der Waals surface area (Å²) in [6.45, 7) is 1.05. The van der Waals surface area contributed by atoms with Gasteiger partial charge >= 0.3 is 11.9 Å². The van der Waals surface area contributed by atoms with Gasteiger partial charge in [0.25, 0.3) is 0 Å². The Labute approximate surface area is 221 Å². The summed E-state index contributed by atoms with van der Waals surface area (Å²) >= 11 is 4.84. The number of rotatable bonds is 7. The Morgan fingerprint density at radius 1 is 1.47 bits per heavy atom. The molecule has 1 unspecified atom stereocenters. The highest BCUT2D eigenvalue weighted by Crippen LogP contribution is 2.37. The monoisotopic (exact) mass is 592 g/mol. The van der Waals surface area contributed by atoms with Crippen LogP contribution in [0.15, 0.2) is 62.7 Å². The van der Waals surface area contributed by atoms with Crippen molar-refractivity contribution < 1.29 is 28.6 Å². The number of methoxy groups -OCH3 is 1. The van der Waals surface area contributed by atoms with Crippen molar-refractivity contribution in [2.75, 3.05) is 33.0 Å². The molecule has 1 fully saturated rings. The lowest BCUT2D eigenvalue weighted by Gasteiger charge is -2.32. The summed E-state index contributed by atoms with van der Waals surface area (Å²) in [5, 5.41) is 15.6. The number of nitrogens with zero attached hydrogens (tertiary/aromatic N) is 3. The third-order valence-corrected chi connectivity index (χ3v) is 8.36. The molecule has 2 aromatic rings. The second-order valence-electron chi connectivity index (χ2n) is 7.77. The first-order valence-corrected chi connectivity index (χ1v) is 13.8. The molecule has 2 radical (unpaired) electrons. The average molecular weight is 594 g/mol. The van der Waals surface area contributed by atoms with E-state index in [0.29, 0.717) is 51.5 Å². The van der Waals surface area contributed by atoms with Gasteiger partial charge in [0, 0.05) is 52.7 Å². The molecule has 4 rings (SSSR count). The van der Waals surface area contributed by atoms with Gasteiger partial charge in [-0.3, -0.25) is 14.7 Å². The van der Waals surface area contributed by atoms with E-state index >= 15 is 0 Å². The number of esters is 1. The maximum absolute atomic E-state index is 13.9. The van der Waals surface area contributed by atoms with Crippen LogP contribution < -0.4 is 5.32 Å². The third-order valence-electron chi connectivity index (χ3n) is 5.52. The van der Waals surface area contributed by atoms with Crippen molar-refractivity contribution in [1.29, 1.82) is 0 Å². The molecule has 188 valence electrons. The predicted molar refractivity (Wildman–Crippen MR) is 136 cm³/mol. The molecule has 1 aromatic heterocycles. The average Bonchev–Trinajstić information content (AvgIpc) is 3.29. The molecule has 0 bridgehead atoms. The molecule has 36 heavy (non-hydrogen) atoms. The van der Waals surface area contributed by atoms with Crippen molar-refractivity contribution in [1.82, 2.24) is 15.2 Å². The van der Waals surface area contributed by atoms with E-state index in [0.717, 1.165) is 0 Å². The number of hydrogen-bond donors (Lipinski definition) is 2. The van der Waals surface area contributed by atoms with Crippen molar-refractivity contribution >= 4 is 54.6 Å². The molecule has 2 N–H and O–H groups in total. The van der Waals surface area contributed by atoms with Crippen LogP contribution >= 0.6 is 27.3 Å². The fourth-order valence-electron chi connectivity index (χ4n) is 3.84. The van der Waals surface area contributed by atoms with Crippen LogP contribution in [0.3, 0.4) is 0 Å². The highest BCUT2D eigenvalue weighted by atomic mass is 79.9. The molecule has 1 saturated heterocycles. The van der Waals surface area contributed by atoms with Gasteiger partial charge in [-0.25, -0.2) is 14.2 Å². The van der Waals surface area contributed by atoms with E-state index in [-0.39, 0.29) is 16.1 Å². The highest BCUT2D eigenvalue weighted by molar-refractivity contribution is 9.10. The zero-order valence-electron chi connectivity index (χ0n) is 19.1. The smallest absolute Gasteiger partial charge is 0.330 e. The number of carbonyl (C=O) groups excluding carboxylic acids is 1. The minimum absolute atomic E-state index is 0.0635. The second-order valence-corrected chi connectivity index (χ2v) is 10.8. The summed E-state index contributed by atoms with van der Waals surface area (Å²) in [7, 11) is 1.34. The van der Waals surface area contributed by atoms with Crippen molar-refractivity contribution in [3.63, 3.8) is 0 Å². The van der Waals surface area contributed by atoms with Gasteiger partial charge in [-0.1, -0.05) is 22.0 Å². The Bertz CT molecular complexity index is 1220. The molecular weight excluding hydrogens is 571 g/mol. The van der Waals surface area contributed by atoms with Gasteiger partial charge in [-0.2, -0.15) is 0 Å². The van der Waals surface area contributed by atoms with Gasteiger partial charge < -0.3 is 19.9 Å². The lowest BCUT2D eigenvalue weighted by atomic mass is 9.94. The molecule has 3 heterocycles. The number of halogens is 2. The number of carboxylic acids is 1. The molecule has 2 aliphatic rings. The fourth-order valence-corrected chi connectivity index (χ4v) is 6.06. The van der Waals surface area contributed by atoms with E-state index in [1.54, 1.807) is 18.3 Å². The summed E-state index contributed by atoms with van der Waals surface area (Å²) in [6, 6.07) is 3.69. The zero-order valence-corrected chi connectivity index (χ0v) is 22.5. The van der Waals surface area contributed by atoms with Crippen LogP contribution in [0.5, 0.6) is 0 Å². The van der Waals surface area contributed by atoms with Crippen LogP contribution in [0.25, 0.3) is 0 Å². The molecule has 0 aliphatic carbocycles. The number of aliphatic carboxylic acids is 1. The number of aliphatic imine (C=N–C) groups is 1. The van der Waals surface area contributed by atoms with Crippen molar-refractivity contribution in [2.24, 2.45) is 4.99 Å². The lowest BCUT2D eigenvalue weighted by molar-refractivity contribution is -0.140. The summed E-state index contributed by atoms with van der Waals surface area (Å²) in [5.74, 6) is -1.39. The van der Waals surface area contributed by atoms with Gasteiger partial charge in [0.2, 0.25) is 0 Å². The molecule has 0 spiro atoms. The first kappa shape index (κ1) is 26.4. The van der Waals surface area contributed by atoms with Crippen molar-refractivity contribution in [3.05, 3.63) is 74.1 Å². The summed E-state index contributed by atoms with van der Waals surface area (Å²) in [5.41, 5.74) is 1.22. The standard InChI is InChI=1S/C23H22BrFN4O5SSi/c1-33-18(30)5-4-15-17(11-29-7-8-34-12-36-22(29)23(31)32)27-20(21-26-6-9-35-21)28-19(15)14-3-2-13(25)10-16(14)24/h2-6,9-10,19,22H,7-8,11-12H2,1H3,(H,27,28)(H,31,32)/b5-4+/t19?,22-/m0/s1. The summed E-state index contributed by atoms with van der Waals surface area (Å²) in [4.78, 5) is 35.1. The van der Waals surface area contributed by atoms with E-state index in [1.807, 2.05) is 10.3 Å². The first-order valence-electron chi connectivity index (χ1n) is 10.8. The normalized spacial score (nSPS) is 21.1. The lowest BCUT2D eigenvalue weighted by Crippen LogP contribution is -2.48. The number of amidine groups is 1. The number of hydrogen-bond acceptors (Lipinski definition) is 9. The van der Waals surface area contributed by atoms with E-state index < -0.39 is 29.5 Å². The van der Waals surface area contributed by atoms with Crippen molar-refractivity contribution in [2.45, 2.75) is 11.7 Å². The number of nitrogens with one attached hydrogen (secondary N) is 1. The first-order chi connectivity index (χ1) is 17.4. The topological polar surface area (TPSA) is 113 Å². The fraction of sp³-hybridized carbons (Fsp3) is 0.304. The Morgan fingerprint density at radius 3 is 3.00 bits per heavy atom. The second kappa shape index (κ2) is 12.0. The van der Waals surface area contributed by atoms with Gasteiger partial charge in [0.1, 0.15) is 21.4 Å². The maximum atomic E-state index is 13.9. The number of carboxylic acid groups (broad SMARTS) is 1. The number of benzene rings is 1. The minimum Gasteiger partial charge on any atom is -0.480 e. The number of aromatic nitrogens is 1. The van der Waals surface area contributed by atoms with E-state index in [1.165, 1.54) is 36.7 Å². The van der Waals surface area contributed by atoms with Crippen LogP contribution in [0, 0.1) is 5.82 Å². The molecule has 0 saturated carbocycles. The zero-order chi connectivity index (χ0) is 25.7. The van der Waals surface area contributed by atoms with E-state index in [4.69, 9.17) is 14.5 Å². The third kappa shape index (κ3) is 6.15. The quantitative estimate of drug-likeness (QED) is 0.286. The molecular formula is C23H22BrFN4O5SSi. The largest absolute Gasteiger partial charge is 0.480 e. The summed E-state index contributed by atoms with van der Waals surface area (Å²) < 4.78 is 24.7. The van der Waals surface area contributed by atoms with Gasteiger partial charge in [0.15, 0.2) is 10.8 Å². The predicted octanol–water partition coefficient (Wildman–Crippen LogP) is 2.52. The summed E-state index contributed by atoms with van der Waals surface area (Å²) in [6.07, 6.45) is 4.93. The SMILES string of the molecule is COC(=O)/C=C/C1=C(CN2CCOC[Si][C@H]2C(=O)O)NC(c2nccs2)=NC1c1ccc(F)cc1Br. The molecule has 0 amide bonds. The highest BCUT2D eigenvalue weighted by Gasteiger charge is 2.33. The van der Waals surface area contributed by atoms with E-state index in [2.05, 4.69) is 26.2 Å². The van der Waals surface area contributed by atoms with Crippen LogP contribution in [0.4, 0.5) is 4.39 Å². The maximum Gasteiger partial charge on any atom is 0.330 e. The van der Waals surface area contributed by atoms with E-state index in [9.17, 15) is 19.1 Å². The number of carbonyl (C=O) groups is 2. The Kier molecular flexibility index (Phi) is 8.80. The van der Waals surface area contributed by atoms with Crippen LogP contribution in [-0.2, 0) is 19.1 Å². The van der Waals surface area contributed by atoms with Crippen LogP contribution in [0.1, 0.15) is 16.6 Å². The van der Waals surface area contributed by atoms with Gasteiger partial charge in [0.05, 0.1) is 19.4 Å². The molecule has 2 atom stereocenters. The molecule has 1 aromatic carbocycles. The van der Waals surface area contributed by atoms with Crippen LogP contribution in [0.2, 0.25) is 0 Å². The Morgan fingerprint density at radius 2 is 2.31 bits per heavy atom. The molecule has 13 heteroatoms. The molecule has 9 nitrogen and oxygen atoms in total. The minimum atomic E-state index is -0.923. The molecule has 2 aliphatic heterocycles. The van der Waals surface area contributed by atoms with Gasteiger partial charge in [-0.05, 0) is 23.8 Å². The Balaban J connectivity index is 1.84. The Hall–Kier alpha value is -2.71. The van der Waals surface area contributed by atoms with Crippen LogP contribution in [-0.4, -0.2) is 81.0 Å².